The van der Waals surface area contributed by atoms with Gasteiger partial charge in [0.2, 0.25) is 6.04 Å². The molecule has 5 heteroatoms. The number of allylic oxidation sites excluding steroid dienone is 1. The zero-order chi connectivity index (χ0) is 14.0. The van der Waals surface area contributed by atoms with E-state index < -0.39 is 12.0 Å². The number of rotatable bonds is 3. The second-order valence-electron chi connectivity index (χ2n) is 4.75. The molecule has 1 aromatic rings. The van der Waals surface area contributed by atoms with Crippen molar-refractivity contribution in [1.29, 1.82) is 0 Å². The van der Waals surface area contributed by atoms with Crippen molar-refractivity contribution >= 4 is 17.9 Å². The minimum Gasteiger partial charge on any atom is -0.298 e. The molecule has 0 aromatic heterocycles. The molecule has 0 aliphatic heterocycles. The van der Waals surface area contributed by atoms with E-state index in [9.17, 15) is 14.9 Å². The minimum atomic E-state index is -0.815. The van der Waals surface area contributed by atoms with E-state index in [1.807, 2.05) is 12.1 Å². The van der Waals surface area contributed by atoms with Crippen molar-refractivity contribution in [3.05, 3.63) is 56.6 Å². The molecule has 0 spiro atoms. The quantitative estimate of drug-likeness (QED) is 0.485. The number of benzene rings is 1. The van der Waals surface area contributed by atoms with Crippen LogP contribution < -0.4 is 0 Å². The van der Waals surface area contributed by atoms with E-state index in [0.717, 1.165) is 5.56 Å². The molecule has 0 N–H and O–H groups in total. The van der Waals surface area contributed by atoms with Crippen LogP contribution in [0, 0.1) is 16.0 Å². The van der Waals surface area contributed by atoms with Gasteiger partial charge in [-0.2, -0.15) is 0 Å². The maximum absolute atomic E-state index is 11.3. The standard InChI is InChI=1S/C14H14ClNO3/c1-9-10(8-17)6-7-12(14(9)16(18)19)11-4-2-3-5-13(11)15/h2-6,8-9,12,14H,7H2,1H3/t9-,12+,14+/m1/s1. The lowest BCUT2D eigenvalue weighted by molar-refractivity contribution is -0.534. The Morgan fingerprint density at radius 2 is 2.11 bits per heavy atom. The number of hydrogen-bond donors (Lipinski definition) is 0. The van der Waals surface area contributed by atoms with E-state index in [1.54, 1.807) is 25.1 Å². The molecule has 0 fully saturated rings. The second-order valence-corrected chi connectivity index (χ2v) is 5.16. The van der Waals surface area contributed by atoms with Crippen LogP contribution in [0.5, 0.6) is 0 Å². The van der Waals surface area contributed by atoms with Crippen LogP contribution in [0.25, 0.3) is 0 Å². The van der Waals surface area contributed by atoms with Crippen LogP contribution in [0.1, 0.15) is 24.8 Å². The normalized spacial score (nSPS) is 26.6. The summed E-state index contributed by atoms with van der Waals surface area (Å²) in [6.07, 6.45) is 2.96. The monoisotopic (exact) mass is 279 g/mol. The lowest BCUT2D eigenvalue weighted by Gasteiger charge is -2.29. The highest BCUT2D eigenvalue weighted by molar-refractivity contribution is 6.31. The smallest absolute Gasteiger partial charge is 0.226 e. The summed E-state index contributed by atoms with van der Waals surface area (Å²) in [4.78, 5) is 22.0. The highest BCUT2D eigenvalue weighted by Crippen LogP contribution is 2.39. The average Bonchev–Trinajstić information content (AvgIpc) is 2.38. The first-order valence-electron chi connectivity index (χ1n) is 6.09. The molecule has 100 valence electrons. The van der Waals surface area contributed by atoms with Gasteiger partial charge < -0.3 is 0 Å². The number of nitro groups is 1. The Morgan fingerprint density at radius 1 is 1.42 bits per heavy atom. The predicted molar refractivity (Wildman–Crippen MR) is 72.9 cm³/mol. The SMILES string of the molecule is C[C@@H]1C(C=O)=CC[C@@H](c2ccccc2Cl)[C@H]1[N+](=O)[O-]. The van der Waals surface area contributed by atoms with Gasteiger partial charge in [-0.15, -0.1) is 0 Å². The third-order valence-corrected chi connectivity index (χ3v) is 4.09. The Kier molecular flexibility index (Phi) is 4.00. The highest BCUT2D eigenvalue weighted by atomic mass is 35.5. The zero-order valence-electron chi connectivity index (χ0n) is 10.5. The zero-order valence-corrected chi connectivity index (χ0v) is 11.2. The van der Waals surface area contributed by atoms with Crippen LogP contribution in [-0.2, 0) is 4.79 Å². The first kappa shape index (κ1) is 13.7. The van der Waals surface area contributed by atoms with E-state index in [2.05, 4.69) is 0 Å². The van der Waals surface area contributed by atoms with Gasteiger partial charge in [0, 0.05) is 9.95 Å². The fourth-order valence-electron chi connectivity index (χ4n) is 2.71. The maximum Gasteiger partial charge on any atom is 0.226 e. The van der Waals surface area contributed by atoms with E-state index >= 15 is 0 Å². The lowest BCUT2D eigenvalue weighted by Crippen LogP contribution is -2.37. The molecule has 4 nitrogen and oxygen atoms in total. The molecule has 0 radical (unpaired) electrons. The van der Waals surface area contributed by atoms with Crippen molar-refractivity contribution in [2.75, 3.05) is 0 Å². The molecule has 1 aliphatic rings. The van der Waals surface area contributed by atoms with Gasteiger partial charge in [0.05, 0.1) is 11.8 Å². The molecule has 2 rings (SSSR count). The molecule has 19 heavy (non-hydrogen) atoms. The van der Waals surface area contributed by atoms with E-state index in [0.29, 0.717) is 23.3 Å². The third-order valence-electron chi connectivity index (χ3n) is 3.74. The van der Waals surface area contributed by atoms with Gasteiger partial charge in [-0.25, -0.2) is 0 Å². The van der Waals surface area contributed by atoms with Gasteiger partial charge in [0.15, 0.2) is 0 Å². The Balaban J connectivity index is 2.45. The van der Waals surface area contributed by atoms with Crippen molar-refractivity contribution in [2.24, 2.45) is 5.92 Å². The summed E-state index contributed by atoms with van der Waals surface area (Å²) in [7, 11) is 0. The van der Waals surface area contributed by atoms with Crippen LogP contribution in [0.15, 0.2) is 35.9 Å². The fourth-order valence-corrected chi connectivity index (χ4v) is 2.98. The average molecular weight is 280 g/mol. The summed E-state index contributed by atoms with van der Waals surface area (Å²) in [6, 6.07) is 6.35. The van der Waals surface area contributed by atoms with Crippen molar-refractivity contribution in [1.82, 2.24) is 0 Å². The van der Waals surface area contributed by atoms with Gasteiger partial charge >= 0.3 is 0 Å². The van der Waals surface area contributed by atoms with Crippen molar-refractivity contribution < 1.29 is 9.72 Å². The largest absolute Gasteiger partial charge is 0.298 e. The van der Waals surface area contributed by atoms with Gasteiger partial charge in [0.25, 0.3) is 0 Å². The first-order valence-corrected chi connectivity index (χ1v) is 6.47. The molecular weight excluding hydrogens is 266 g/mol. The molecule has 0 heterocycles. The van der Waals surface area contributed by atoms with Crippen molar-refractivity contribution in [3.8, 4) is 0 Å². The maximum atomic E-state index is 11.3. The topological polar surface area (TPSA) is 60.2 Å². The van der Waals surface area contributed by atoms with Gasteiger partial charge in [-0.1, -0.05) is 42.8 Å². The molecule has 0 bridgehead atoms. The number of aldehydes is 1. The van der Waals surface area contributed by atoms with Gasteiger partial charge in [-0.05, 0) is 23.6 Å². The van der Waals surface area contributed by atoms with Gasteiger partial charge in [-0.3, -0.25) is 14.9 Å². The number of carbonyl (C=O) groups is 1. The fraction of sp³-hybridized carbons (Fsp3) is 0.357. The molecule has 0 unspecified atom stereocenters. The predicted octanol–water partition coefficient (Wildman–Crippen LogP) is 3.23. The van der Waals surface area contributed by atoms with E-state index in [-0.39, 0.29) is 10.8 Å². The molecule has 0 amide bonds. The van der Waals surface area contributed by atoms with Crippen molar-refractivity contribution in [3.63, 3.8) is 0 Å². The summed E-state index contributed by atoms with van der Waals surface area (Å²) in [5.41, 5.74) is 1.28. The lowest BCUT2D eigenvalue weighted by atomic mass is 9.75. The Labute approximate surface area is 116 Å². The summed E-state index contributed by atoms with van der Waals surface area (Å²) in [5, 5.41) is 11.9. The molecular formula is C14H14ClNO3. The number of nitrogens with zero attached hydrogens (tertiary/aromatic N) is 1. The van der Waals surface area contributed by atoms with Crippen LogP contribution in [0.3, 0.4) is 0 Å². The Morgan fingerprint density at radius 3 is 2.68 bits per heavy atom. The molecule has 1 aromatic carbocycles. The third kappa shape index (κ3) is 2.54. The van der Waals surface area contributed by atoms with Gasteiger partial charge in [0.1, 0.15) is 6.29 Å². The summed E-state index contributed by atoms with van der Waals surface area (Å²) < 4.78 is 0. The second kappa shape index (κ2) is 5.53. The number of hydrogen-bond acceptors (Lipinski definition) is 3. The molecule has 0 saturated heterocycles. The molecule has 3 atom stereocenters. The van der Waals surface area contributed by atoms with Crippen LogP contribution in [0.4, 0.5) is 0 Å². The Bertz CT molecular complexity index is 541. The minimum absolute atomic E-state index is 0.289. The van der Waals surface area contributed by atoms with Crippen LogP contribution >= 0.6 is 11.6 Å². The molecule has 0 saturated carbocycles. The Hall–Kier alpha value is -1.68. The first-order chi connectivity index (χ1) is 9.06. The summed E-state index contributed by atoms with van der Waals surface area (Å²) >= 11 is 6.13. The number of halogens is 1. The highest BCUT2D eigenvalue weighted by Gasteiger charge is 2.42. The van der Waals surface area contributed by atoms with E-state index in [1.165, 1.54) is 0 Å². The van der Waals surface area contributed by atoms with E-state index in [4.69, 9.17) is 11.6 Å². The summed E-state index contributed by atoms with van der Waals surface area (Å²) in [5.74, 6) is -0.690. The van der Waals surface area contributed by atoms with Crippen molar-refractivity contribution in [2.45, 2.75) is 25.3 Å². The van der Waals surface area contributed by atoms with Crippen LogP contribution in [-0.4, -0.2) is 17.3 Å². The van der Waals surface area contributed by atoms with Crippen LogP contribution in [0.2, 0.25) is 5.02 Å². The summed E-state index contributed by atoms with van der Waals surface area (Å²) in [6.45, 7) is 1.72. The molecule has 1 aliphatic carbocycles. The number of carbonyl (C=O) groups excluding carboxylic acids is 1.